The first-order valence-corrected chi connectivity index (χ1v) is 5.47. The van der Waals surface area contributed by atoms with E-state index in [1.807, 2.05) is 30.3 Å². The molecule has 0 bridgehead atoms. The van der Waals surface area contributed by atoms with Crippen LogP contribution in [0, 0.1) is 19.3 Å². The zero-order valence-electron chi connectivity index (χ0n) is 10.0. The number of benzene rings is 2. The molecule has 0 atom stereocenters. The lowest BCUT2D eigenvalue weighted by molar-refractivity contribution is 0.415. The molecule has 0 unspecified atom stereocenters. The molecule has 0 aliphatic carbocycles. The van der Waals surface area contributed by atoms with Crippen LogP contribution in [0.1, 0.15) is 11.1 Å². The van der Waals surface area contributed by atoms with Gasteiger partial charge in [-0.15, -0.1) is 6.42 Å². The van der Waals surface area contributed by atoms with E-state index in [1.54, 1.807) is 7.11 Å². The summed E-state index contributed by atoms with van der Waals surface area (Å²) in [4.78, 5) is 0. The molecule has 0 aliphatic heterocycles. The van der Waals surface area contributed by atoms with Crippen LogP contribution in [0.15, 0.2) is 42.5 Å². The SMILES string of the molecule is C#Cc1cc(OC)ccc1-c1ccccc1C. The molecule has 0 saturated carbocycles. The van der Waals surface area contributed by atoms with Crippen molar-refractivity contribution in [1.29, 1.82) is 0 Å². The maximum atomic E-state index is 5.56. The highest BCUT2D eigenvalue weighted by Crippen LogP contribution is 2.29. The van der Waals surface area contributed by atoms with Crippen LogP contribution in [0.3, 0.4) is 0 Å². The topological polar surface area (TPSA) is 9.23 Å². The predicted molar refractivity (Wildman–Crippen MR) is 71.1 cm³/mol. The Morgan fingerprint density at radius 3 is 2.47 bits per heavy atom. The second-order valence-corrected chi connectivity index (χ2v) is 3.87. The molecule has 1 nitrogen and oxygen atoms in total. The standard InChI is InChI=1S/C16H14O/c1-4-13-11-14(17-3)9-10-16(13)15-8-6-5-7-12(15)2/h1,5-11H,2-3H3. The van der Waals surface area contributed by atoms with Gasteiger partial charge in [0.25, 0.3) is 0 Å². The third-order valence-electron chi connectivity index (χ3n) is 2.82. The zero-order valence-corrected chi connectivity index (χ0v) is 10.0. The van der Waals surface area contributed by atoms with Gasteiger partial charge in [0, 0.05) is 5.56 Å². The van der Waals surface area contributed by atoms with Gasteiger partial charge in [0.15, 0.2) is 0 Å². The largest absolute Gasteiger partial charge is 0.497 e. The minimum atomic E-state index is 0.787. The van der Waals surface area contributed by atoms with E-state index in [9.17, 15) is 0 Å². The predicted octanol–water partition coefficient (Wildman–Crippen LogP) is 3.65. The Hall–Kier alpha value is -2.20. The zero-order chi connectivity index (χ0) is 12.3. The fraction of sp³-hybridized carbons (Fsp3) is 0.125. The Bertz CT molecular complexity index is 576. The van der Waals surface area contributed by atoms with Gasteiger partial charge in [0.05, 0.1) is 7.11 Å². The van der Waals surface area contributed by atoms with Crippen LogP contribution in [-0.2, 0) is 0 Å². The average molecular weight is 222 g/mol. The van der Waals surface area contributed by atoms with Crippen molar-refractivity contribution in [1.82, 2.24) is 0 Å². The molecule has 2 rings (SSSR count). The van der Waals surface area contributed by atoms with Crippen LogP contribution < -0.4 is 4.74 Å². The number of terminal acetylenes is 1. The van der Waals surface area contributed by atoms with Crippen LogP contribution in [-0.4, -0.2) is 7.11 Å². The minimum Gasteiger partial charge on any atom is -0.497 e. The van der Waals surface area contributed by atoms with E-state index in [0.717, 1.165) is 16.9 Å². The number of methoxy groups -OCH3 is 1. The summed E-state index contributed by atoms with van der Waals surface area (Å²) in [5, 5.41) is 0. The maximum Gasteiger partial charge on any atom is 0.120 e. The monoisotopic (exact) mass is 222 g/mol. The quantitative estimate of drug-likeness (QED) is 0.705. The maximum absolute atomic E-state index is 5.56. The summed E-state index contributed by atoms with van der Waals surface area (Å²) >= 11 is 0. The molecule has 0 fully saturated rings. The second kappa shape index (κ2) is 4.76. The highest BCUT2D eigenvalue weighted by atomic mass is 16.5. The first-order valence-electron chi connectivity index (χ1n) is 5.47. The van der Waals surface area contributed by atoms with Crippen molar-refractivity contribution in [3.05, 3.63) is 53.6 Å². The summed E-state index contributed by atoms with van der Waals surface area (Å²) in [6.07, 6.45) is 5.56. The highest BCUT2D eigenvalue weighted by Gasteiger charge is 2.06. The first-order chi connectivity index (χ1) is 8.26. The van der Waals surface area contributed by atoms with Crippen molar-refractivity contribution in [3.63, 3.8) is 0 Å². The molecule has 1 heteroatoms. The summed E-state index contributed by atoms with van der Waals surface area (Å²) in [7, 11) is 1.64. The van der Waals surface area contributed by atoms with E-state index in [2.05, 4.69) is 25.0 Å². The molecule has 84 valence electrons. The average Bonchev–Trinajstić information content (AvgIpc) is 2.38. The third-order valence-corrected chi connectivity index (χ3v) is 2.82. The summed E-state index contributed by atoms with van der Waals surface area (Å²) in [5.41, 5.74) is 4.32. The van der Waals surface area contributed by atoms with Gasteiger partial charge in [-0.2, -0.15) is 0 Å². The van der Waals surface area contributed by atoms with E-state index >= 15 is 0 Å². The van der Waals surface area contributed by atoms with Crippen LogP contribution in [0.5, 0.6) is 5.75 Å². The summed E-state index contributed by atoms with van der Waals surface area (Å²) in [5.74, 6) is 3.50. The molecular weight excluding hydrogens is 208 g/mol. The normalized spacial score (nSPS) is 9.71. The Balaban J connectivity index is 2.61. The van der Waals surface area contributed by atoms with Crippen LogP contribution in [0.25, 0.3) is 11.1 Å². The lowest BCUT2D eigenvalue weighted by atomic mass is 9.96. The van der Waals surface area contributed by atoms with Crippen molar-refractivity contribution >= 4 is 0 Å². The van der Waals surface area contributed by atoms with Gasteiger partial charge in [-0.25, -0.2) is 0 Å². The molecule has 0 spiro atoms. The van der Waals surface area contributed by atoms with E-state index in [4.69, 9.17) is 11.2 Å². The summed E-state index contributed by atoms with van der Waals surface area (Å²) < 4.78 is 5.18. The van der Waals surface area contributed by atoms with Crippen molar-refractivity contribution in [3.8, 4) is 29.2 Å². The van der Waals surface area contributed by atoms with Crippen LogP contribution >= 0.6 is 0 Å². The molecule has 17 heavy (non-hydrogen) atoms. The van der Waals surface area contributed by atoms with E-state index in [-0.39, 0.29) is 0 Å². The Kier molecular flexibility index (Phi) is 3.16. The van der Waals surface area contributed by atoms with Gasteiger partial charge in [-0.3, -0.25) is 0 Å². The molecule has 0 saturated heterocycles. The molecule has 0 heterocycles. The van der Waals surface area contributed by atoms with Crippen molar-refractivity contribution in [2.75, 3.05) is 7.11 Å². The van der Waals surface area contributed by atoms with E-state index in [1.165, 1.54) is 11.1 Å². The minimum absolute atomic E-state index is 0.787. The van der Waals surface area contributed by atoms with Crippen molar-refractivity contribution in [2.24, 2.45) is 0 Å². The van der Waals surface area contributed by atoms with Crippen LogP contribution in [0.4, 0.5) is 0 Å². The van der Waals surface area contributed by atoms with Crippen molar-refractivity contribution in [2.45, 2.75) is 6.92 Å². The number of hydrogen-bond donors (Lipinski definition) is 0. The number of rotatable bonds is 2. The molecule has 0 aromatic heterocycles. The van der Waals surface area contributed by atoms with Gasteiger partial charge < -0.3 is 4.74 Å². The van der Waals surface area contributed by atoms with Gasteiger partial charge in [0.1, 0.15) is 5.75 Å². The number of ether oxygens (including phenoxy) is 1. The second-order valence-electron chi connectivity index (χ2n) is 3.87. The molecular formula is C16H14O. The van der Waals surface area contributed by atoms with Gasteiger partial charge in [-0.05, 0) is 41.8 Å². The molecule has 0 aliphatic rings. The van der Waals surface area contributed by atoms with Crippen molar-refractivity contribution < 1.29 is 4.74 Å². The fourth-order valence-electron chi connectivity index (χ4n) is 1.88. The highest BCUT2D eigenvalue weighted by molar-refractivity contribution is 5.74. The van der Waals surface area contributed by atoms with Gasteiger partial charge >= 0.3 is 0 Å². The summed E-state index contributed by atoms with van der Waals surface area (Å²) in [6, 6.07) is 14.0. The Morgan fingerprint density at radius 1 is 1.06 bits per heavy atom. The smallest absolute Gasteiger partial charge is 0.120 e. The summed E-state index contributed by atoms with van der Waals surface area (Å²) in [6.45, 7) is 2.08. The number of hydrogen-bond acceptors (Lipinski definition) is 1. The van der Waals surface area contributed by atoms with Gasteiger partial charge in [0.2, 0.25) is 0 Å². The lowest BCUT2D eigenvalue weighted by Gasteiger charge is -2.09. The third kappa shape index (κ3) is 2.16. The molecule has 2 aromatic carbocycles. The number of aryl methyl sites for hydroxylation is 1. The Labute approximate surface area is 102 Å². The molecule has 0 N–H and O–H groups in total. The van der Waals surface area contributed by atoms with Crippen LogP contribution in [0.2, 0.25) is 0 Å². The molecule has 0 amide bonds. The fourth-order valence-corrected chi connectivity index (χ4v) is 1.88. The molecule has 0 radical (unpaired) electrons. The molecule has 2 aromatic rings. The lowest BCUT2D eigenvalue weighted by Crippen LogP contribution is -1.90. The van der Waals surface area contributed by atoms with E-state index in [0.29, 0.717) is 0 Å². The first kappa shape index (κ1) is 11.3. The van der Waals surface area contributed by atoms with Gasteiger partial charge in [-0.1, -0.05) is 30.2 Å². The Morgan fingerprint density at radius 2 is 1.82 bits per heavy atom. The van der Waals surface area contributed by atoms with E-state index < -0.39 is 0 Å².